The summed E-state index contributed by atoms with van der Waals surface area (Å²) in [5, 5.41) is 3.01. The first kappa shape index (κ1) is 19.7. The van der Waals surface area contributed by atoms with E-state index < -0.39 is 12.1 Å². The minimum absolute atomic E-state index is 0.0597. The number of carbonyl (C=O) groups is 2. The molecule has 0 saturated heterocycles. The molecule has 0 aliphatic heterocycles. The summed E-state index contributed by atoms with van der Waals surface area (Å²) < 4.78 is 15.7. The third kappa shape index (κ3) is 4.44. The zero-order valence-electron chi connectivity index (χ0n) is 16.4. The maximum atomic E-state index is 12.6. The quantitative estimate of drug-likeness (QED) is 0.774. The minimum atomic E-state index is -0.918. The Morgan fingerprint density at radius 1 is 1.07 bits per heavy atom. The lowest BCUT2D eigenvalue weighted by molar-refractivity contribution is -0.130. The van der Waals surface area contributed by atoms with Crippen LogP contribution in [0.1, 0.15) is 47.3 Å². The molecule has 0 unspecified atom stereocenters. The first-order chi connectivity index (χ1) is 13.5. The Bertz CT molecular complexity index is 842. The zero-order chi connectivity index (χ0) is 20.1. The molecule has 1 aliphatic rings. The van der Waals surface area contributed by atoms with Crippen molar-refractivity contribution in [3.63, 3.8) is 0 Å². The summed E-state index contributed by atoms with van der Waals surface area (Å²) in [6.45, 7) is 1.57. The molecule has 3 rings (SSSR count). The molecule has 148 valence electrons. The highest BCUT2D eigenvalue weighted by molar-refractivity contribution is 5.93. The molecule has 1 amide bonds. The fourth-order valence-electron chi connectivity index (χ4n) is 3.40. The second-order valence-corrected chi connectivity index (χ2v) is 6.80. The number of ether oxygens (including phenoxy) is 3. The van der Waals surface area contributed by atoms with E-state index in [1.54, 1.807) is 25.1 Å². The van der Waals surface area contributed by atoms with Crippen LogP contribution in [-0.4, -0.2) is 32.2 Å². The maximum absolute atomic E-state index is 12.6. The molecule has 1 aliphatic carbocycles. The van der Waals surface area contributed by atoms with Crippen LogP contribution < -0.4 is 14.8 Å². The van der Waals surface area contributed by atoms with Gasteiger partial charge in [0.2, 0.25) is 0 Å². The van der Waals surface area contributed by atoms with Gasteiger partial charge in [-0.15, -0.1) is 0 Å². The van der Waals surface area contributed by atoms with Gasteiger partial charge in [0.25, 0.3) is 5.91 Å². The van der Waals surface area contributed by atoms with Gasteiger partial charge in [-0.25, -0.2) is 4.79 Å². The number of benzene rings is 2. The van der Waals surface area contributed by atoms with E-state index in [9.17, 15) is 9.59 Å². The summed E-state index contributed by atoms with van der Waals surface area (Å²) in [5.41, 5.74) is 2.66. The number of esters is 1. The highest BCUT2D eigenvalue weighted by atomic mass is 16.5. The Hall–Kier alpha value is -3.02. The van der Waals surface area contributed by atoms with Crippen LogP contribution >= 0.6 is 0 Å². The van der Waals surface area contributed by atoms with Crippen LogP contribution in [0.3, 0.4) is 0 Å². The monoisotopic (exact) mass is 383 g/mol. The molecule has 28 heavy (non-hydrogen) atoms. The summed E-state index contributed by atoms with van der Waals surface area (Å²) in [5.74, 6) is 0.0262. The number of rotatable bonds is 6. The van der Waals surface area contributed by atoms with Crippen molar-refractivity contribution in [3.8, 4) is 11.5 Å². The summed E-state index contributed by atoms with van der Waals surface area (Å²) >= 11 is 0. The van der Waals surface area contributed by atoms with Crippen molar-refractivity contribution in [2.24, 2.45) is 0 Å². The fourth-order valence-corrected chi connectivity index (χ4v) is 3.40. The van der Waals surface area contributed by atoms with Crippen molar-refractivity contribution in [3.05, 3.63) is 59.2 Å². The van der Waals surface area contributed by atoms with Gasteiger partial charge >= 0.3 is 5.97 Å². The molecule has 2 atom stereocenters. The fraction of sp³-hybridized carbons (Fsp3) is 0.364. The second-order valence-electron chi connectivity index (χ2n) is 6.80. The predicted octanol–water partition coefficient (Wildman–Crippen LogP) is 3.44. The van der Waals surface area contributed by atoms with Crippen molar-refractivity contribution in [1.82, 2.24) is 5.32 Å². The average molecular weight is 383 g/mol. The van der Waals surface area contributed by atoms with E-state index in [1.807, 2.05) is 18.2 Å². The molecule has 6 nitrogen and oxygen atoms in total. The number of methoxy groups -OCH3 is 2. The van der Waals surface area contributed by atoms with E-state index in [4.69, 9.17) is 14.2 Å². The summed E-state index contributed by atoms with van der Waals surface area (Å²) in [6.07, 6.45) is 1.99. The van der Waals surface area contributed by atoms with Crippen LogP contribution in [0.5, 0.6) is 11.5 Å². The Kier molecular flexibility index (Phi) is 6.19. The molecular formula is C22H25NO5. The Morgan fingerprint density at radius 3 is 2.43 bits per heavy atom. The van der Waals surface area contributed by atoms with Crippen LogP contribution in [0, 0.1) is 0 Å². The average Bonchev–Trinajstić information content (AvgIpc) is 2.73. The third-order valence-corrected chi connectivity index (χ3v) is 4.93. The third-order valence-electron chi connectivity index (χ3n) is 4.93. The van der Waals surface area contributed by atoms with Crippen LogP contribution in [0.25, 0.3) is 0 Å². The lowest BCUT2D eigenvalue weighted by Crippen LogP contribution is -2.39. The Morgan fingerprint density at radius 2 is 1.75 bits per heavy atom. The Balaban J connectivity index is 1.66. The number of carbonyl (C=O) groups excluding carboxylic acids is 2. The van der Waals surface area contributed by atoms with Gasteiger partial charge in [0, 0.05) is 6.07 Å². The van der Waals surface area contributed by atoms with Gasteiger partial charge in [-0.2, -0.15) is 0 Å². The molecule has 0 radical (unpaired) electrons. The standard InChI is InChI=1S/C22H25NO5/c1-14(28-22(25)16-11-17(26-2)13-18(12-16)27-3)21(24)23-20-10-6-8-15-7-4-5-9-19(15)20/h4-5,7,9,11-14,20H,6,8,10H2,1-3H3,(H,23,24)/t14-,20+/m0/s1. The highest BCUT2D eigenvalue weighted by Crippen LogP contribution is 2.29. The van der Waals surface area contributed by atoms with E-state index in [-0.39, 0.29) is 17.5 Å². The maximum Gasteiger partial charge on any atom is 0.339 e. The predicted molar refractivity (Wildman–Crippen MR) is 105 cm³/mol. The van der Waals surface area contributed by atoms with E-state index in [2.05, 4.69) is 11.4 Å². The van der Waals surface area contributed by atoms with Gasteiger partial charge in [0.1, 0.15) is 11.5 Å². The smallest absolute Gasteiger partial charge is 0.339 e. The largest absolute Gasteiger partial charge is 0.497 e. The number of fused-ring (bicyclic) bond motifs is 1. The molecule has 0 saturated carbocycles. The molecular weight excluding hydrogens is 358 g/mol. The van der Waals surface area contributed by atoms with Crippen LogP contribution in [0.4, 0.5) is 0 Å². The first-order valence-electron chi connectivity index (χ1n) is 9.34. The van der Waals surface area contributed by atoms with Crippen LogP contribution in [0.2, 0.25) is 0 Å². The van der Waals surface area contributed by atoms with Gasteiger partial charge in [0.05, 0.1) is 25.8 Å². The van der Waals surface area contributed by atoms with Crippen molar-refractivity contribution in [2.45, 2.75) is 38.3 Å². The lowest BCUT2D eigenvalue weighted by Gasteiger charge is -2.27. The number of aryl methyl sites for hydroxylation is 1. The highest BCUT2D eigenvalue weighted by Gasteiger charge is 2.26. The summed E-state index contributed by atoms with van der Waals surface area (Å²) in [6, 6.07) is 12.8. The number of hydrogen-bond donors (Lipinski definition) is 1. The molecule has 0 spiro atoms. The van der Waals surface area contributed by atoms with Gasteiger partial charge in [-0.3, -0.25) is 4.79 Å². The summed E-state index contributed by atoms with van der Waals surface area (Å²) in [4.78, 5) is 25.1. The molecule has 0 fully saturated rings. The molecule has 0 bridgehead atoms. The molecule has 1 N–H and O–H groups in total. The minimum Gasteiger partial charge on any atom is -0.497 e. The van der Waals surface area contributed by atoms with Crippen LogP contribution in [-0.2, 0) is 16.0 Å². The molecule has 2 aromatic carbocycles. The van der Waals surface area contributed by atoms with E-state index >= 15 is 0 Å². The SMILES string of the molecule is COc1cc(OC)cc(C(=O)O[C@@H](C)C(=O)N[C@@H]2CCCc3ccccc32)c1. The molecule has 6 heteroatoms. The normalized spacial score (nSPS) is 16.5. The molecule has 0 aromatic heterocycles. The van der Waals surface area contributed by atoms with Gasteiger partial charge in [0.15, 0.2) is 6.10 Å². The van der Waals surface area contributed by atoms with Crippen LogP contribution in [0.15, 0.2) is 42.5 Å². The van der Waals surface area contributed by atoms with E-state index in [1.165, 1.54) is 19.8 Å². The van der Waals surface area contributed by atoms with Crippen molar-refractivity contribution < 1.29 is 23.8 Å². The number of hydrogen-bond acceptors (Lipinski definition) is 5. The lowest BCUT2D eigenvalue weighted by atomic mass is 9.87. The van der Waals surface area contributed by atoms with Gasteiger partial charge < -0.3 is 19.5 Å². The van der Waals surface area contributed by atoms with Crippen molar-refractivity contribution >= 4 is 11.9 Å². The van der Waals surface area contributed by atoms with Crippen molar-refractivity contribution in [2.75, 3.05) is 14.2 Å². The van der Waals surface area contributed by atoms with Crippen molar-refractivity contribution in [1.29, 1.82) is 0 Å². The topological polar surface area (TPSA) is 73.9 Å². The van der Waals surface area contributed by atoms with E-state index in [0.717, 1.165) is 24.8 Å². The Labute approximate surface area is 164 Å². The number of amides is 1. The van der Waals surface area contributed by atoms with Gasteiger partial charge in [-0.05, 0) is 49.4 Å². The zero-order valence-corrected chi connectivity index (χ0v) is 16.4. The molecule has 0 heterocycles. The van der Waals surface area contributed by atoms with E-state index in [0.29, 0.717) is 11.5 Å². The number of nitrogens with one attached hydrogen (secondary N) is 1. The first-order valence-corrected chi connectivity index (χ1v) is 9.34. The van der Waals surface area contributed by atoms with Gasteiger partial charge in [-0.1, -0.05) is 24.3 Å². The second kappa shape index (κ2) is 8.78. The molecule has 2 aromatic rings. The summed E-state index contributed by atoms with van der Waals surface area (Å²) in [7, 11) is 3.00.